The monoisotopic (exact) mass is 186 g/mol. The summed E-state index contributed by atoms with van der Waals surface area (Å²) in [6, 6.07) is 0. The smallest absolute Gasteiger partial charge is 0.0884 e. The number of rotatable bonds is 6. The number of hydrogen-bond donors (Lipinski definition) is 1. The van der Waals surface area contributed by atoms with Crippen LogP contribution in [0.3, 0.4) is 0 Å². The lowest BCUT2D eigenvalue weighted by atomic mass is 9.96. The van der Waals surface area contributed by atoms with Crippen molar-refractivity contribution in [1.29, 1.82) is 0 Å². The van der Waals surface area contributed by atoms with Crippen molar-refractivity contribution in [2.24, 2.45) is 0 Å². The van der Waals surface area contributed by atoms with Gasteiger partial charge in [0.1, 0.15) is 0 Å². The van der Waals surface area contributed by atoms with Gasteiger partial charge in [-0.15, -0.1) is 6.58 Å². The molecule has 0 amide bonds. The van der Waals surface area contributed by atoms with Crippen LogP contribution in [0.1, 0.15) is 40.5 Å². The molecule has 1 unspecified atom stereocenters. The molecule has 0 radical (unpaired) electrons. The number of allylic oxidation sites excluding steroid dienone is 1. The molecule has 0 aromatic rings. The Kier molecular flexibility index (Phi) is 5.26. The van der Waals surface area contributed by atoms with Gasteiger partial charge in [-0.05, 0) is 40.5 Å². The van der Waals surface area contributed by atoms with Crippen LogP contribution in [0.4, 0.5) is 0 Å². The van der Waals surface area contributed by atoms with Gasteiger partial charge in [-0.2, -0.15) is 0 Å². The summed E-state index contributed by atoms with van der Waals surface area (Å²) in [5.41, 5.74) is 0.663. The van der Waals surface area contributed by atoms with Crippen molar-refractivity contribution in [1.82, 2.24) is 0 Å². The van der Waals surface area contributed by atoms with E-state index >= 15 is 0 Å². The van der Waals surface area contributed by atoms with Gasteiger partial charge in [-0.25, -0.2) is 0 Å². The van der Waals surface area contributed by atoms with E-state index in [1.807, 2.05) is 27.7 Å². The minimum atomic E-state index is -0.440. The normalized spacial score (nSPS) is 14.2. The predicted octanol–water partition coefficient (Wildman–Crippen LogP) is 2.52. The molecule has 0 aromatic heterocycles. The van der Waals surface area contributed by atoms with Gasteiger partial charge in [0.05, 0.1) is 11.7 Å². The van der Waals surface area contributed by atoms with E-state index in [1.54, 1.807) is 0 Å². The lowest BCUT2D eigenvalue weighted by Gasteiger charge is -2.30. The fraction of sp³-hybridized carbons (Fsp3) is 0.818. The highest BCUT2D eigenvalue weighted by Gasteiger charge is 2.27. The van der Waals surface area contributed by atoms with Gasteiger partial charge in [0.25, 0.3) is 0 Å². The van der Waals surface area contributed by atoms with E-state index in [9.17, 15) is 5.11 Å². The average Bonchev–Trinajstić information content (AvgIpc) is 1.99. The SMILES string of the molecule is C=C(C)CCC(O)C(C)(C)OCC. The largest absolute Gasteiger partial charge is 0.390 e. The van der Waals surface area contributed by atoms with Crippen LogP contribution >= 0.6 is 0 Å². The summed E-state index contributed by atoms with van der Waals surface area (Å²) in [5, 5.41) is 9.79. The molecule has 1 atom stereocenters. The minimum absolute atomic E-state index is 0.413. The molecule has 0 rings (SSSR count). The van der Waals surface area contributed by atoms with Gasteiger partial charge >= 0.3 is 0 Å². The van der Waals surface area contributed by atoms with Gasteiger partial charge < -0.3 is 9.84 Å². The molecule has 0 saturated carbocycles. The van der Waals surface area contributed by atoms with Crippen LogP contribution in [0.15, 0.2) is 12.2 Å². The fourth-order valence-corrected chi connectivity index (χ4v) is 1.20. The van der Waals surface area contributed by atoms with Gasteiger partial charge in [0.15, 0.2) is 0 Å². The highest BCUT2D eigenvalue weighted by Crippen LogP contribution is 2.19. The molecule has 0 aromatic carbocycles. The maximum Gasteiger partial charge on any atom is 0.0884 e. The number of ether oxygens (including phenoxy) is 1. The Bertz CT molecular complexity index is 161. The molecule has 13 heavy (non-hydrogen) atoms. The van der Waals surface area contributed by atoms with Crippen LogP contribution in [0.2, 0.25) is 0 Å². The third-order valence-electron chi connectivity index (χ3n) is 2.16. The summed E-state index contributed by atoms with van der Waals surface area (Å²) >= 11 is 0. The highest BCUT2D eigenvalue weighted by molar-refractivity contribution is 4.90. The Morgan fingerprint density at radius 2 is 2.08 bits per heavy atom. The lowest BCUT2D eigenvalue weighted by molar-refractivity contribution is -0.0983. The van der Waals surface area contributed by atoms with E-state index in [-0.39, 0.29) is 0 Å². The third kappa shape index (κ3) is 5.06. The van der Waals surface area contributed by atoms with Crippen molar-refractivity contribution in [2.75, 3.05) is 6.61 Å². The average molecular weight is 186 g/mol. The molecule has 2 heteroatoms. The van der Waals surface area contributed by atoms with Crippen molar-refractivity contribution in [3.8, 4) is 0 Å². The highest BCUT2D eigenvalue weighted by atomic mass is 16.5. The van der Waals surface area contributed by atoms with Gasteiger partial charge in [-0.1, -0.05) is 5.57 Å². The van der Waals surface area contributed by atoms with Crippen molar-refractivity contribution in [3.05, 3.63) is 12.2 Å². The fourth-order valence-electron chi connectivity index (χ4n) is 1.20. The number of aliphatic hydroxyl groups is 1. The Hall–Kier alpha value is -0.340. The van der Waals surface area contributed by atoms with Crippen molar-refractivity contribution in [3.63, 3.8) is 0 Å². The molecule has 0 aliphatic heterocycles. The molecule has 0 aliphatic rings. The predicted molar refractivity (Wildman–Crippen MR) is 55.8 cm³/mol. The first-order chi connectivity index (χ1) is 5.90. The molecular formula is C11H22O2. The molecular weight excluding hydrogens is 164 g/mol. The first kappa shape index (κ1) is 12.7. The van der Waals surface area contributed by atoms with E-state index in [1.165, 1.54) is 0 Å². The van der Waals surface area contributed by atoms with Gasteiger partial charge in [-0.3, -0.25) is 0 Å². The number of aliphatic hydroxyl groups excluding tert-OH is 1. The van der Waals surface area contributed by atoms with Crippen LogP contribution in [-0.2, 0) is 4.74 Å². The standard InChI is InChI=1S/C11H22O2/c1-6-13-11(4,5)10(12)8-7-9(2)3/h10,12H,2,6-8H2,1,3-5H3. The Labute approximate surface area is 81.6 Å². The van der Waals surface area contributed by atoms with E-state index in [2.05, 4.69) is 6.58 Å². The second-order valence-corrected chi connectivity index (χ2v) is 4.05. The Morgan fingerprint density at radius 1 is 1.54 bits per heavy atom. The van der Waals surface area contributed by atoms with Crippen molar-refractivity contribution < 1.29 is 9.84 Å². The van der Waals surface area contributed by atoms with Crippen LogP contribution in [0.5, 0.6) is 0 Å². The van der Waals surface area contributed by atoms with Gasteiger partial charge in [0, 0.05) is 6.61 Å². The second-order valence-electron chi connectivity index (χ2n) is 4.05. The summed E-state index contributed by atoms with van der Waals surface area (Å²) in [5.74, 6) is 0. The van der Waals surface area contributed by atoms with E-state index in [0.717, 1.165) is 18.4 Å². The van der Waals surface area contributed by atoms with Crippen LogP contribution in [0, 0.1) is 0 Å². The van der Waals surface area contributed by atoms with Gasteiger partial charge in [0.2, 0.25) is 0 Å². The van der Waals surface area contributed by atoms with Crippen LogP contribution < -0.4 is 0 Å². The van der Waals surface area contributed by atoms with Crippen LogP contribution in [-0.4, -0.2) is 23.4 Å². The topological polar surface area (TPSA) is 29.5 Å². The summed E-state index contributed by atoms with van der Waals surface area (Å²) < 4.78 is 5.44. The lowest BCUT2D eigenvalue weighted by Crippen LogP contribution is -2.39. The summed E-state index contributed by atoms with van der Waals surface area (Å²) in [6.45, 7) is 12.2. The molecule has 0 saturated heterocycles. The zero-order valence-corrected chi connectivity index (χ0v) is 9.26. The zero-order chi connectivity index (χ0) is 10.5. The Morgan fingerprint density at radius 3 is 2.46 bits per heavy atom. The molecule has 78 valence electrons. The Balaban J connectivity index is 3.92. The summed E-state index contributed by atoms with van der Waals surface area (Å²) in [4.78, 5) is 0. The molecule has 0 fully saturated rings. The molecule has 1 N–H and O–H groups in total. The molecule has 2 nitrogen and oxygen atoms in total. The van der Waals surface area contributed by atoms with Crippen LogP contribution in [0.25, 0.3) is 0 Å². The molecule has 0 bridgehead atoms. The second kappa shape index (κ2) is 5.40. The van der Waals surface area contributed by atoms with E-state index < -0.39 is 11.7 Å². The van der Waals surface area contributed by atoms with E-state index in [4.69, 9.17) is 4.74 Å². The van der Waals surface area contributed by atoms with E-state index in [0.29, 0.717) is 6.61 Å². The molecule has 0 aliphatic carbocycles. The zero-order valence-electron chi connectivity index (χ0n) is 9.26. The quantitative estimate of drug-likeness (QED) is 0.646. The first-order valence-electron chi connectivity index (χ1n) is 4.86. The molecule has 0 heterocycles. The summed E-state index contributed by atoms with van der Waals surface area (Å²) in [6.07, 6.45) is 1.17. The first-order valence-corrected chi connectivity index (χ1v) is 4.86. The minimum Gasteiger partial charge on any atom is -0.390 e. The third-order valence-corrected chi connectivity index (χ3v) is 2.16. The number of hydrogen-bond acceptors (Lipinski definition) is 2. The van der Waals surface area contributed by atoms with Crippen molar-refractivity contribution in [2.45, 2.75) is 52.2 Å². The van der Waals surface area contributed by atoms with Crippen molar-refractivity contribution >= 4 is 0 Å². The molecule has 0 spiro atoms. The maximum absolute atomic E-state index is 9.79. The summed E-state index contributed by atoms with van der Waals surface area (Å²) in [7, 11) is 0. The maximum atomic E-state index is 9.79.